The maximum absolute atomic E-state index is 5.86. The SMILES string of the molecule is COc1ccc(Br)cc1CN=C(N)NCC1CCC1.I. The Hall–Kier alpha value is -0.500. The minimum Gasteiger partial charge on any atom is -0.496 e. The van der Waals surface area contributed by atoms with Gasteiger partial charge in [0, 0.05) is 16.6 Å². The Morgan fingerprint density at radius 2 is 2.25 bits per heavy atom. The zero-order chi connectivity index (χ0) is 13.7. The van der Waals surface area contributed by atoms with Crippen LogP contribution in [0.25, 0.3) is 0 Å². The van der Waals surface area contributed by atoms with E-state index in [1.54, 1.807) is 7.11 Å². The summed E-state index contributed by atoms with van der Waals surface area (Å²) in [6.07, 6.45) is 3.96. The lowest BCUT2D eigenvalue weighted by molar-refractivity contribution is 0.315. The van der Waals surface area contributed by atoms with E-state index in [4.69, 9.17) is 10.5 Å². The molecule has 6 heteroatoms. The highest BCUT2D eigenvalue weighted by molar-refractivity contribution is 14.0. The molecule has 1 aromatic rings. The number of halogens is 2. The van der Waals surface area contributed by atoms with E-state index in [0.29, 0.717) is 12.5 Å². The highest BCUT2D eigenvalue weighted by Crippen LogP contribution is 2.25. The Kier molecular flexibility index (Phi) is 7.65. The summed E-state index contributed by atoms with van der Waals surface area (Å²) < 4.78 is 6.32. The second-order valence-electron chi connectivity index (χ2n) is 4.84. The molecule has 0 radical (unpaired) electrons. The van der Waals surface area contributed by atoms with E-state index in [2.05, 4.69) is 26.2 Å². The van der Waals surface area contributed by atoms with Gasteiger partial charge < -0.3 is 15.8 Å². The number of methoxy groups -OCH3 is 1. The Balaban J connectivity index is 0.00000200. The van der Waals surface area contributed by atoms with Gasteiger partial charge in [0.15, 0.2) is 5.96 Å². The fourth-order valence-corrected chi connectivity index (χ4v) is 2.45. The van der Waals surface area contributed by atoms with Crippen LogP contribution in [0.4, 0.5) is 0 Å². The molecule has 0 bridgehead atoms. The normalized spacial score (nSPS) is 15.2. The average Bonchev–Trinajstić information content (AvgIpc) is 2.34. The molecular weight excluding hydrogens is 433 g/mol. The Morgan fingerprint density at radius 1 is 1.50 bits per heavy atom. The van der Waals surface area contributed by atoms with E-state index in [0.717, 1.165) is 28.2 Å². The number of nitrogens with one attached hydrogen (secondary N) is 1. The predicted octanol–water partition coefficient (Wildman–Crippen LogP) is 3.28. The number of benzene rings is 1. The summed E-state index contributed by atoms with van der Waals surface area (Å²) in [5, 5.41) is 3.18. The predicted molar refractivity (Wildman–Crippen MR) is 96.8 cm³/mol. The molecule has 2 rings (SSSR count). The Bertz CT molecular complexity index is 464. The zero-order valence-corrected chi connectivity index (χ0v) is 15.5. The smallest absolute Gasteiger partial charge is 0.188 e. The third-order valence-electron chi connectivity index (χ3n) is 3.46. The average molecular weight is 454 g/mol. The molecule has 1 aliphatic carbocycles. The lowest BCUT2D eigenvalue weighted by Gasteiger charge is -2.25. The third-order valence-corrected chi connectivity index (χ3v) is 3.95. The quantitative estimate of drug-likeness (QED) is 0.408. The van der Waals surface area contributed by atoms with Crippen molar-refractivity contribution in [2.45, 2.75) is 25.8 Å². The van der Waals surface area contributed by atoms with Crippen molar-refractivity contribution in [2.75, 3.05) is 13.7 Å². The molecule has 0 heterocycles. The van der Waals surface area contributed by atoms with Crippen LogP contribution in [0.3, 0.4) is 0 Å². The summed E-state index contributed by atoms with van der Waals surface area (Å²) in [5.41, 5.74) is 6.88. The van der Waals surface area contributed by atoms with Gasteiger partial charge in [-0.05, 0) is 37.0 Å². The number of hydrogen-bond acceptors (Lipinski definition) is 2. The Morgan fingerprint density at radius 3 is 2.85 bits per heavy atom. The molecule has 0 atom stereocenters. The number of hydrogen-bond donors (Lipinski definition) is 2. The van der Waals surface area contributed by atoms with E-state index >= 15 is 0 Å². The molecule has 112 valence electrons. The van der Waals surface area contributed by atoms with Crippen molar-refractivity contribution in [3.63, 3.8) is 0 Å². The first-order valence-electron chi connectivity index (χ1n) is 6.55. The van der Waals surface area contributed by atoms with Crippen LogP contribution in [0, 0.1) is 5.92 Å². The number of ether oxygens (including phenoxy) is 1. The molecule has 0 aromatic heterocycles. The van der Waals surface area contributed by atoms with Gasteiger partial charge in [-0.2, -0.15) is 0 Å². The molecule has 3 N–H and O–H groups in total. The first-order chi connectivity index (χ1) is 9.19. The highest BCUT2D eigenvalue weighted by atomic mass is 127. The summed E-state index contributed by atoms with van der Waals surface area (Å²) >= 11 is 3.45. The summed E-state index contributed by atoms with van der Waals surface area (Å²) in [7, 11) is 1.66. The van der Waals surface area contributed by atoms with E-state index in [1.807, 2.05) is 18.2 Å². The van der Waals surface area contributed by atoms with Crippen LogP contribution in [0.15, 0.2) is 27.7 Å². The van der Waals surface area contributed by atoms with Crippen molar-refractivity contribution < 1.29 is 4.74 Å². The van der Waals surface area contributed by atoms with Gasteiger partial charge in [0.25, 0.3) is 0 Å². The largest absolute Gasteiger partial charge is 0.496 e. The van der Waals surface area contributed by atoms with Gasteiger partial charge in [-0.3, -0.25) is 0 Å². The summed E-state index contributed by atoms with van der Waals surface area (Å²) in [6.45, 7) is 1.46. The van der Waals surface area contributed by atoms with Gasteiger partial charge in [-0.15, -0.1) is 24.0 Å². The van der Waals surface area contributed by atoms with Crippen molar-refractivity contribution in [3.05, 3.63) is 28.2 Å². The molecule has 0 aliphatic heterocycles. The monoisotopic (exact) mass is 453 g/mol. The molecule has 1 aliphatic rings. The fraction of sp³-hybridized carbons (Fsp3) is 0.500. The number of guanidine groups is 1. The standard InChI is InChI=1S/C14H20BrN3O.HI/c1-19-13-6-5-12(15)7-11(13)9-18-14(16)17-8-10-3-2-4-10;/h5-7,10H,2-4,8-9H2,1H3,(H3,16,17,18);1H. The lowest BCUT2D eigenvalue weighted by Crippen LogP contribution is -2.37. The zero-order valence-electron chi connectivity index (χ0n) is 11.6. The van der Waals surface area contributed by atoms with Crippen molar-refractivity contribution in [1.82, 2.24) is 5.32 Å². The van der Waals surface area contributed by atoms with Gasteiger partial charge in [0.2, 0.25) is 0 Å². The minimum atomic E-state index is 0. The molecule has 0 saturated heterocycles. The summed E-state index contributed by atoms with van der Waals surface area (Å²) in [4.78, 5) is 4.36. The molecule has 0 unspecified atom stereocenters. The van der Waals surface area contributed by atoms with Gasteiger partial charge in [-0.25, -0.2) is 4.99 Å². The third kappa shape index (κ3) is 5.12. The van der Waals surface area contributed by atoms with Crippen LogP contribution < -0.4 is 15.8 Å². The molecule has 1 saturated carbocycles. The number of rotatable bonds is 5. The van der Waals surface area contributed by atoms with Gasteiger partial charge in [-0.1, -0.05) is 22.4 Å². The van der Waals surface area contributed by atoms with E-state index in [-0.39, 0.29) is 24.0 Å². The molecule has 1 fully saturated rings. The van der Waals surface area contributed by atoms with Crippen molar-refractivity contribution in [3.8, 4) is 5.75 Å². The highest BCUT2D eigenvalue weighted by Gasteiger charge is 2.16. The summed E-state index contributed by atoms with van der Waals surface area (Å²) in [5.74, 6) is 2.11. The molecule has 0 spiro atoms. The van der Waals surface area contributed by atoms with Crippen molar-refractivity contribution in [2.24, 2.45) is 16.6 Å². The summed E-state index contributed by atoms with van der Waals surface area (Å²) in [6, 6.07) is 5.87. The topological polar surface area (TPSA) is 59.6 Å². The molecule has 20 heavy (non-hydrogen) atoms. The number of aliphatic imine (C=N–C) groups is 1. The van der Waals surface area contributed by atoms with E-state index in [9.17, 15) is 0 Å². The minimum absolute atomic E-state index is 0. The number of nitrogens with two attached hydrogens (primary N) is 1. The number of nitrogens with zero attached hydrogens (tertiary/aromatic N) is 1. The molecular formula is C14H21BrIN3O. The van der Waals surface area contributed by atoms with Gasteiger partial charge >= 0.3 is 0 Å². The molecule has 0 amide bonds. The van der Waals surface area contributed by atoms with Crippen LogP contribution >= 0.6 is 39.9 Å². The second-order valence-corrected chi connectivity index (χ2v) is 5.75. The fourth-order valence-electron chi connectivity index (χ4n) is 2.04. The van der Waals surface area contributed by atoms with Gasteiger partial charge in [0.1, 0.15) is 5.75 Å². The first kappa shape index (κ1) is 17.6. The van der Waals surface area contributed by atoms with Crippen LogP contribution in [-0.2, 0) is 6.54 Å². The van der Waals surface area contributed by atoms with Crippen LogP contribution in [-0.4, -0.2) is 19.6 Å². The van der Waals surface area contributed by atoms with Crippen LogP contribution in [0.2, 0.25) is 0 Å². The van der Waals surface area contributed by atoms with Gasteiger partial charge in [0.05, 0.1) is 13.7 Å². The van der Waals surface area contributed by atoms with Crippen molar-refractivity contribution in [1.29, 1.82) is 0 Å². The second kappa shape index (κ2) is 8.71. The van der Waals surface area contributed by atoms with Crippen LogP contribution in [0.1, 0.15) is 24.8 Å². The first-order valence-corrected chi connectivity index (χ1v) is 7.34. The maximum atomic E-state index is 5.86. The molecule has 4 nitrogen and oxygen atoms in total. The molecule has 1 aromatic carbocycles. The maximum Gasteiger partial charge on any atom is 0.188 e. The Labute approximate surface area is 145 Å². The van der Waals surface area contributed by atoms with E-state index < -0.39 is 0 Å². The van der Waals surface area contributed by atoms with Crippen LogP contribution in [0.5, 0.6) is 5.75 Å². The van der Waals surface area contributed by atoms with Crippen molar-refractivity contribution >= 4 is 45.9 Å². The van der Waals surface area contributed by atoms with E-state index in [1.165, 1.54) is 19.3 Å². The lowest BCUT2D eigenvalue weighted by atomic mass is 9.85.